The van der Waals surface area contributed by atoms with Crippen LogP contribution in [0.5, 0.6) is 17.2 Å². The van der Waals surface area contributed by atoms with Gasteiger partial charge in [-0.25, -0.2) is 4.39 Å². The molecule has 0 unspecified atom stereocenters. The molecule has 0 bridgehead atoms. The smallest absolute Gasteiger partial charge is 0.265 e. The zero-order chi connectivity index (χ0) is 18.8. The number of benzene rings is 2. The number of aromatic hydroxyl groups is 1. The molecule has 1 heterocycles. The molecule has 0 spiro atoms. The quantitative estimate of drug-likeness (QED) is 0.666. The molecular formula is C18H15FN2O5. The van der Waals surface area contributed by atoms with Gasteiger partial charge in [0.25, 0.3) is 11.5 Å². The number of pyridine rings is 1. The molecule has 3 rings (SSSR count). The minimum absolute atomic E-state index is 0.154. The number of ether oxygens (including phenoxy) is 2. The van der Waals surface area contributed by atoms with E-state index in [2.05, 4.69) is 10.3 Å². The van der Waals surface area contributed by atoms with Crippen molar-refractivity contribution in [1.82, 2.24) is 4.98 Å². The maximum Gasteiger partial charge on any atom is 0.265 e. The maximum atomic E-state index is 13.2. The number of hydrogen-bond acceptors (Lipinski definition) is 5. The Balaban J connectivity index is 2.11. The van der Waals surface area contributed by atoms with E-state index in [1.165, 1.54) is 44.6 Å². The minimum atomic E-state index is -0.869. The summed E-state index contributed by atoms with van der Waals surface area (Å²) in [4.78, 5) is 27.2. The second kappa shape index (κ2) is 6.75. The number of H-pyrrole nitrogens is 1. The molecule has 26 heavy (non-hydrogen) atoms. The van der Waals surface area contributed by atoms with Crippen molar-refractivity contribution in [3.63, 3.8) is 0 Å². The molecule has 0 fully saturated rings. The SMILES string of the molecule is COc1cc2[nH]c(=O)c(C(=O)Nc3cccc(F)c3)c(O)c2cc1OC. The van der Waals surface area contributed by atoms with Gasteiger partial charge in [-0.1, -0.05) is 6.07 Å². The van der Waals surface area contributed by atoms with Crippen molar-refractivity contribution in [2.45, 2.75) is 0 Å². The number of nitrogens with one attached hydrogen (secondary N) is 2. The summed E-state index contributed by atoms with van der Waals surface area (Å²) >= 11 is 0. The number of fused-ring (bicyclic) bond motifs is 1. The van der Waals surface area contributed by atoms with Gasteiger partial charge in [0, 0.05) is 17.1 Å². The van der Waals surface area contributed by atoms with Crippen LogP contribution in [-0.4, -0.2) is 30.2 Å². The van der Waals surface area contributed by atoms with Crippen molar-refractivity contribution in [2.75, 3.05) is 19.5 Å². The van der Waals surface area contributed by atoms with Gasteiger partial charge >= 0.3 is 0 Å². The van der Waals surface area contributed by atoms with E-state index in [1.807, 2.05) is 0 Å². The summed E-state index contributed by atoms with van der Waals surface area (Å²) < 4.78 is 23.6. The van der Waals surface area contributed by atoms with E-state index < -0.39 is 28.6 Å². The standard InChI is InChI=1S/C18H15FN2O5/c1-25-13-7-11-12(8-14(13)26-2)21-18(24)15(16(11)22)17(23)20-10-5-3-4-9(19)6-10/h3-8H,1-2H3,(H,20,23)(H2,21,22,24). The van der Waals surface area contributed by atoms with Crippen LogP contribution in [0.4, 0.5) is 10.1 Å². The largest absolute Gasteiger partial charge is 0.506 e. The molecule has 1 amide bonds. The van der Waals surface area contributed by atoms with Crippen LogP contribution < -0.4 is 20.3 Å². The lowest BCUT2D eigenvalue weighted by Gasteiger charge is -2.12. The van der Waals surface area contributed by atoms with E-state index in [1.54, 1.807) is 0 Å². The molecule has 0 aliphatic carbocycles. The van der Waals surface area contributed by atoms with Crippen LogP contribution in [0.2, 0.25) is 0 Å². The third kappa shape index (κ3) is 3.04. The molecule has 0 aliphatic rings. The number of rotatable bonds is 4. The summed E-state index contributed by atoms with van der Waals surface area (Å²) in [7, 11) is 2.85. The molecule has 2 aromatic carbocycles. The molecule has 0 aliphatic heterocycles. The van der Waals surface area contributed by atoms with E-state index in [0.717, 1.165) is 6.07 Å². The van der Waals surface area contributed by atoms with Crippen molar-refractivity contribution >= 4 is 22.5 Å². The summed E-state index contributed by atoms with van der Waals surface area (Å²) in [6, 6.07) is 8.10. The zero-order valence-corrected chi connectivity index (χ0v) is 13.9. The maximum absolute atomic E-state index is 13.2. The van der Waals surface area contributed by atoms with E-state index in [9.17, 15) is 19.1 Å². The molecule has 0 atom stereocenters. The molecular weight excluding hydrogens is 343 g/mol. The van der Waals surface area contributed by atoms with E-state index in [-0.39, 0.29) is 16.6 Å². The fraction of sp³-hybridized carbons (Fsp3) is 0.111. The average Bonchev–Trinajstić information content (AvgIpc) is 2.60. The first kappa shape index (κ1) is 17.3. The second-order valence-corrected chi connectivity index (χ2v) is 5.39. The fourth-order valence-electron chi connectivity index (χ4n) is 2.58. The highest BCUT2D eigenvalue weighted by Crippen LogP contribution is 2.35. The van der Waals surface area contributed by atoms with Crippen LogP contribution in [0.3, 0.4) is 0 Å². The molecule has 7 nitrogen and oxygen atoms in total. The van der Waals surface area contributed by atoms with E-state index in [0.29, 0.717) is 11.5 Å². The van der Waals surface area contributed by atoms with Crippen molar-refractivity contribution < 1.29 is 23.8 Å². The normalized spacial score (nSPS) is 10.6. The number of amides is 1. The lowest BCUT2D eigenvalue weighted by Crippen LogP contribution is -2.23. The Morgan fingerprint density at radius 1 is 1.15 bits per heavy atom. The molecule has 134 valence electrons. The number of aromatic amines is 1. The zero-order valence-electron chi connectivity index (χ0n) is 13.9. The molecule has 8 heteroatoms. The highest BCUT2D eigenvalue weighted by molar-refractivity contribution is 6.09. The minimum Gasteiger partial charge on any atom is -0.506 e. The van der Waals surface area contributed by atoms with Gasteiger partial charge < -0.3 is 24.9 Å². The van der Waals surface area contributed by atoms with Gasteiger partial charge in [0.2, 0.25) is 0 Å². The summed E-state index contributed by atoms with van der Waals surface area (Å²) in [5.74, 6) is -1.26. The Bertz CT molecular complexity index is 1060. The monoisotopic (exact) mass is 358 g/mol. The number of anilines is 1. The Morgan fingerprint density at radius 3 is 2.50 bits per heavy atom. The lowest BCUT2D eigenvalue weighted by atomic mass is 10.1. The summed E-state index contributed by atoms with van der Waals surface area (Å²) in [6.07, 6.45) is 0. The molecule has 3 aromatic rings. The first-order valence-electron chi connectivity index (χ1n) is 7.52. The summed E-state index contributed by atoms with van der Waals surface area (Å²) in [5, 5.41) is 13.0. The molecule has 0 saturated carbocycles. The third-order valence-corrected chi connectivity index (χ3v) is 3.80. The second-order valence-electron chi connectivity index (χ2n) is 5.39. The number of methoxy groups -OCH3 is 2. The van der Waals surface area contributed by atoms with Crippen LogP contribution in [0, 0.1) is 5.82 Å². The first-order chi connectivity index (χ1) is 12.4. The van der Waals surface area contributed by atoms with Gasteiger partial charge in [-0.2, -0.15) is 0 Å². The Labute approximate surface area is 147 Å². The van der Waals surface area contributed by atoms with Gasteiger partial charge in [-0.3, -0.25) is 9.59 Å². The fourth-order valence-corrected chi connectivity index (χ4v) is 2.58. The molecule has 0 saturated heterocycles. The van der Waals surface area contributed by atoms with Gasteiger partial charge in [-0.15, -0.1) is 0 Å². The highest BCUT2D eigenvalue weighted by Gasteiger charge is 2.21. The van der Waals surface area contributed by atoms with Crippen molar-refractivity contribution in [3.8, 4) is 17.2 Å². The topological polar surface area (TPSA) is 101 Å². The van der Waals surface area contributed by atoms with Gasteiger partial charge in [0.15, 0.2) is 11.5 Å². The number of aromatic nitrogens is 1. The van der Waals surface area contributed by atoms with Crippen molar-refractivity contribution in [3.05, 3.63) is 58.1 Å². The van der Waals surface area contributed by atoms with E-state index >= 15 is 0 Å². The average molecular weight is 358 g/mol. The van der Waals surface area contributed by atoms with Crippen molar-refractivity contribution in [1.29, 1.82) is 0 Å². The van der Waals surface area contributed by atoms with Crippen LogP contribution in [0.15, 0.2) is 41.2 Å². The molecule has 0 radical (unpaired) electrons. The van der Waals surface area contributed by atoms with Crippen LogP contribution in [0.1, 0.15) is 10.4 Å². The number of carbonyl (C=O) groups is 1. The third-order valence-electron chi connectivity index (χ3n) is 3.80. The Morgan fingerprint density at radius 2 is 1.85 bits per heavy atom. The van der Waals surface area contributed by atoms with Crippen molar-refractivity contribution in [2.24, 2.45) is 0 Å². The predicted octanol–water partition coefficient (Wildman–Crippen LogP) is 2.64. The predicted molar refractivity (Wildman–Crippen MR) is 93.7 cm³/mol. The Kier molecular flexibility index (Phi) is 4.49. The Hall–Kier alpha value is -3.55. The first-order valence-corrected chi connectivity index (χ1v) is 7.52. The van der Waals surface area contributed by atoms with Gasteiger partial charge in [0.1, 0.15) is 17.1 Å². The summed E-state index contributed by atoms with van der Waals surface area (Å²) in [6.45, 7) is 0. The number of halogens is 1. The summed E-state index contributed by atoms with van der Waals surface area (Å²) in [5.41, 5.74) is -0.862. The number of carbonyl (C=O) groups excluding carboxylic acids is 1. The number of hydrogen-bond donors (Lipinski definition) is 3. The van der Waals surface area contributed by atoms with Gasteiger partial charge in [-0.05, 0) is 24.3 Å². The highest BCUT2D eigenvalue weighted by atomic mass is 19.1. The van der Waals surface area contributed by atoms with Gasteiger partial charge in [0.05, 0.1) is 19.7 Å². The molecule has 1 aromatic heterocycles. The molecule has 3 N–H and O–H groups in total. The van der Waals surface area contributed by atoms with Crippen LogP contribution in [-0.2, 0) is 0 Å². The van der Waals surface area contributed by atoms with Crippen LogP contribution in [0.25, 0.3) is 10.9 Å². The van der Waals surface area contributed by atoms with E-state index in [4.69, 9.17) is 9.47 Å². The lowest BCUT2D eigenvalue weighted by molar-refractivity contribution is 0.102. The van der Waals surface area contributed by atoms with Crippen LogP contribution >= 0.6 is 0 Å².